The molecule has 0 aliphatic carbocycles. The summed E-state index contributed by atoms with van der Waals surface area (Å²) >= 11 is 5.78. The molecule has 2 rings (SSSR count). The molecule has 2 aromatic rings. The van der Waals surface area contributed by atoms with Gasteiger partial charge in [0.2, 0.25) is 0 Å². The van der Waals surface area contributed by atoms with Gasteiger partial charge in [-0.15, -0.1) is 0 Å². The molecule has 2 aromatic carbocycles. The molecule has 7 heteroatoms. The Kier molecular flexibility index (Phi) is 3.86. The number of halogens is 1. The summed E-state index contributed by atoms with van der Waals surface area (Å²) in [5.41, 5.74) is 6.21. The Balaban J connectivity index is 2.29. The first-order valence-electron chi connectivity index (χ1n) is 5.58. The molecule has 0 atom stereocenters. The largest absolute Gasteiger partial charge is 0.399 e. The first kappa shape index (κ1) is 13.8. The monoisotopic (exact) mass is 291 g/mol. The minimum Gasteiger partial charge on any atom is -0.399 e. The van der Waals surface area contributed by atoms with Gasteiger partial charge in [-0.25, -0.2) is 0 Å². The van der Waals surface area contributed by atoms with Crippen LogP contribution in [0.2, 0.25) is 5.02 Å². The maximum absolute atomic E-state index is 12.0. The van der Waals surface area contributed by atoms with Crippen LogP contribution in [0.15, 0.2) is 42.5 Å². The van der Waals surface area contributed by atoms with E-state index in [-0.39, 0.29) is 11.4 Å². The highest BCUT2D eigenvalue weighted by Crippen LogP contribution is 2.28. The maximum atomic E-state index is 12.0. The van der Waals surface area contributed by atoms with Gasteiger partial charge in [0.15, 0.2) is 0 Å². The van der Waals surface area contributed by atoms with Crippen molar-refractivity contribution in [3.63, 3.8) is 0 Å². The van der Waals surface area contributed by atoms with Gasteiger partial charge in [-0.3, -0.25) is 14.9 Å². The standard InChI is InChI=1S/C13H10ClN3O3/c14-9-3-6-12(17(19)20)11(7-9)16-13(18)8-1-4-10(15)5-2-8/h1-7H,15H2,(H,16,18). The zero-order valence-electron chi connectivity index (χ0n) is 10.2. The van der Waals surface area contributed by atoms with Gasteiger partial charge < -0.3 is 11.1 Å². The summed E-state index contributed by atoms with van der Waals surface area (Å²) in [6, 6.07) is 10.2. The fraction of sp³-hybridized carbons (Fsp3) is 0. The van der Waals surface area contributed by atoms with Crippen LogP contribution in [0.25, 0.3) is 0 Å². The van der Waals surface area contributed by atoms with Crippen LogP contribution in [0.3, 0.4) is 0 Å². The molecule has 6 nitrogen and oxygen atoms in total. The van der Waals surface area contributed by atoms with Crippen LogP contribution in [0, 0.1) is 10.1 Å². The molecule has 3 N–H and O–H groups in total. The second kappa shape index (κ2) is 5.58. The van der Waals surface area contributed by atoms with Gasteiger partial charge in [0.1, 0.15) is 5.69 Å². The number of nitrogen functional groups attached to an aromatic ring is 1. The Morgan fingerprint density at radius 2 is 1.85 bits per heavy atom. The van der Waals surface area contributed by atoms with Crippen LogP contribution in [-0.2, 0) is 0 Å². The summed E-state index contributed by atoms with van der Waals surface area (Å²) in [4.78, 5) is 22.3. The van der Waals surface area contributed by atoms with E-state index in [4.69, 9.17) is 17.3 Å². The minimum absolute atomic E-state index is 0.0457. The SMILES string of the molecule is Nc1ccc(C(=O)Nc2cc(Cl)ccc2[N+](=O)[O-])cc1. The van der Waals surface area contributed by atoms with Crippen molar-refractivity contribution < 1.29 is 9.72 Å². The van der Waals surface area contributed by atoms with Gasteiger partial charge in [-0.1, -0.05) is 11.6 Å². The lowest BCUT2D eigenvalue weighted by Crippen LogP contribution is -2.13. The Bertz CT molecular complexity index is 671. The molecule has 102 valence electrons. The first-order valence-corrected chi connectivity index (χ1v) is 5.96. The number of rotatable bonds is 3. The highest BCUT2D eigenvalue weighted by molar-refractivity contribution is 6.31. The molecular weight excluding hydrogens is 282 g/mol. The van der Waals surface area contributed by atoms with E-state index in [1.165, 1.54) is 30.3 Å². The predicted molar refractivity (Wildman–Crippen MR) is 76.9 cm³/mol. The van der Waals surface area contributed by atoms with Crippen LogP contribution in [0.4, 0.5) is 17.1 Å². The lowest BCUT2D eigenvalue weighted by atomic mass is 10.2. The average molecular weight is 292 g/mol. The highest BCUT2D eigenvalue weighted by atomic mass is 35.5. The van der Waals surface area contributed by atoms with Gasteiger partial charge >= 0.3 is 0 Å². The summed E-state index contributed by atoms with van der Waals surface area (Å²) in [5, 5.41) is 13.6. The number of hydrogen-bond donors (Lipinski definition) is 2. The number of nitro benzene ring substituents is 1. The molecule has 0 heterocycles. The number of nitro groups is 1. The van der Waals surface area contributed by atoms with Crippen LogP contribution >= 0.6 is 11.6 Å². The van der Waals surface area contributed by atoms with E-state index in [9.17, 15) is 14.9 Å². The number of hydrogen-bond acceptors (Lipinski definition) is 4. The molecule has 0 radical (unpaired) electrons. The number of nitrogens with zero attached hydrogens (tertiary/aromatic N) is 1. The zero-order valence-corrected chi connectivity index (χ0v) is 10.9. The van der Waals surface area contributed by atoms with E-state index in [1.54, 1.807) is 12.1 Å². The van der Waals surface area contributed by atoms with Gasteiger partial charge in [0, 0.05) is 22.3 Å². The van der Waals surface area contributed by atoms with Gasteiger partial charge in [-0.05, 0) is 36.4 Å². The zero-order chi connectivity index (χ0) is 14.7. The van der Waals surface area contributed by atoms with Gasteiger partial charge in [0.25, 0.3) is 11.6 Å². The predicted octanol–water partition coefficient (Wildman–Crippen LogP) is 3.08. The van der Waals surface area contributed by atoms with E-state index < -0.39 is 10.8 Å². The molecule has 0 unspecified atom stereocenters. The van der Waals surface area contributed by atoms with Crippen LogP contribution < -0.4 is 11.1 Å². The molecule has 0 spiro atoms. The molecule has 20 heavy (non-hydrogen) atoms. The van der Waals surface area contributed by atoms with Crippen molar-refractivity contribution in [2.45, 2.75) is 0 Å². The molecule has 0 saturated heterocycles. The van der Waals surface area contributed by atoms with Crippen molar-refractivity contribution in [3.8, 4) is 0 Å². The normalized spacial score (nSPS) is 10.1. The van der Waals surface area contributed by atoms with Crippen molar-refractivity contribution in [2.24, 2.45) is 0 Å². The smallest absolute Gasteiger partial charge is 0.292 e. The molecule has 0 aliphatic rings. The number of amides is 1. The molecular formula is C13H10ClN3O3. The average Bonchev–Trinajstić information content (AvgIpc) is 2.39. The summed E-state index contributed by atoms with van der Waals surface area (Å²) in [6.07, 6.45) is 0. The number of benzene rings is 2. The summed E-state index contributed by atoms with van der Waals surface area (Å²) < 4.78 is 0. The number of nitrogens with one attached hydrogen (secondary N) is 1. The molecule has 1 amide bonds. The third kappa shape index (κ3) is 3.04. The number of anilines is 2. The number of nitrogens with two attached hydrogens (primary N) is 1. The fourth-order valence-corrected chi connectivity index (χ4v) is 1.77. The Morgan fingerprint density at radius 1 is 1.20 bits per heavy atom. The van der Waals surface area contributed by atoms with Crippen molar-refractivity contribution >= 4 is 34.6 Å². The summed E-state index contributed by atoms with van der Waals surface area (Å²) in [6.45, 7) is 0. The molecule has 0 bridgehead atoms. The van der Waals surface area contributed by atoms with Crippen molar-refractivity contribution in [3.05, 3.63) is 63.2 Å². The second-order valence-corrected chi connectivity index (χ2v) is 4.43. The summed E-state index contributed by atoms with van der Waals surface area (Å²) in [7, 11) is 0. The molecule has 0 aromatic heterocycles. The van der Waals surface area contributed by atoms with Crippen molar-refractivity contribution in [2.75, 3.05) is 11.1 Å². The molecule has 0 fully saturated rings. The van der Waals surface area contributed by atoms with Crippen LogP contribution in [0.5, 0.6) is 0 Å². The van der Waals surface area contributed by atoms with E-state index >= 15 is 0 Å². The third-order valence-corrected chi connectivity index (χ3v) is 2.81. The first-order chi connectivity index (χ1) is 9.47. The minimum atomic E-state index is -0.588. The van der Waals surface area contributed by atoms with Gasteiger partial charge in [-0.2, -0.15) is 0 Å². The van der Waals surface area contributed by atoms with E-state index in [1.807, 2.05) is 0 Å². The fourth-order valence-electron chi connectivity index (χ4n) is 1.60. The third-order valence-electron chi connectivity index (χ3n) is 2.58. The topological polar surface area (TPSA) is 98.3 Å². The van der Waals surface area contributed by atoms with E-state index in [0.717, 1.165) is 0 Å². The van der Waals surface area contributed by atoms with Crippen LogP contribution in [0.1, 0.15) is 10.4 Å². The Hall–Kier alpha value is -2.60. The lowest BCUT2D eigenvalue weighted by molar-refractivity contribution is -0.383. The van der Waals surface area contributed by atoms with Gasteiger partial charge in [0.05, 0.1) is 4.92 Å². The van der Waals surface area contributed by atoms with Crippen molar-refractivity contribution in [1.29, 1.82) is 0 Å². The molecule has 0 aliphatic heterocycles. The van der Waals surface area contributed by atoms with Crippen LogP contribution in [-0.4, -0.2) is 10.8 Å². The Morgan fingerprint density at radius 3 is 2.45 bits per heavy atom. The number of carbonyl (C=O) groups is 1. The molecule has 0 saturated carbocycles. The maximum Gasteiger partial charge on any atom is 0.292 e. The number of carbonyl (C=O) groups excluding carboxylic acids is 1. The van der Waals surface area contributed by atoms with E-state index in [2.05, 4.69) is 5.32 Å². The van der Waals surface area contributed by atoms with E-state index in [0.29, 0.717) is 16.3 Å². The Labute approximate surface area is 119 Å². The van der Waals surface area contributed by atoms with Crippen molar-refractivity contribution in [1.82, 2.24) is 0 Å². The summed E-state index contributed by atoms with van der Waals surface area (Å²) in [5.74, 6) is -0.477. The lowest BCUT2D eigenvalue weighted by Gasteiger charge is -2.06. The quantitative estimate of drug-likeness (QED) is 0.516. The highest BCUT2D eigenvalue weighted by Gasteiger charge is 2.16. The second-order valence-electron chi connectivity index (χ2n) is 3.99.